The minimum absolute atomic E-state index is 0.104. The second-order valence-corrected chi connectivity index (χ2v) is 3.92. The fraction of sp³-hybridized carbons (Fsp3) is 0.385. The van der Waals surface area contributed by atoms with Crippen LogP contribution in [-0.4, -0.2) is 24.9 Å². The minimum Gasteiger partial charge on any atom is -0.356 e. The summed E-state index contributed by atoms with van der Waals surface area (Å²) in [5.41, 5.74) is 0.816. The number of aryl methyl sites for hydroxylation is 1. The van der Waals surface area contributed by atoms with Crippen LogP contribution in [0, 0.1) is 12.7 Å². The Balaban J connectivity index is 2.45. The highest BCUT2D eigenvalue weighted by Gasteiger charge is 2.08. The number of amides is 2. The lowest BCUT2D eigenvalue weighted by atomic mass is 10.1. The molecule has 1 rings (SSSR count). The molecule has 2 N–H and O–H groups in total. The third-order valence-electron chi connectivity index (χ3n) is 2.43. The van der Waals surface area contributed by atoms with E-state index in [1.54, 1.807) is 6.92 Å². The molecule has 98 valence electrons. The predicted octanol–water partition coefficient (Wildman–Crippen LogP) is 1.39. The zero-order valence-corrected chi connectivity index (χ0v) is 10.5. The summed E-state index contributed by atoms with van der Waals surface area (Å²) in [6, 6.07) is 4.16. The van der Waals surface area contributed by atoms with E-state index < -0.39 is 0 Å². The van der Waals surface area contributed by atoms with Crippen LogP contribution in [0.3, 0.4) is 0 Å². The first-order valence-electron chi connectivity index (χ1n) is 5.85. The Morgan fingerprint density at radius 3 is 2.61 bits per heavy atom. The van der Waals surface area contributed by atoms with E-state index in [0.29, 0.717) is 17.7 Å². The van der Waals surface area contributed by atoms with Gasteiger partial charge in [-0.15, -0.1) is 0 Å². The maximum Gasteiger partial charge on any atom is 0.251 e. The smallest absolute Gasteiger partial charge is 0.251 e. The molecule has 2 amide bonds. The zero-order chi connectivity index (χ0) is 13.5. The molecule has 0 aromatic heterocycles. The lowest BCUT2D eigenvalue weighted by Gasteiger charge is -2.06. The van der Waals surface area contributed by atoms with Crippen molar-refractivity contribution in [1.82, 2.24) is 10.6 Å². The maximum absolute atomic E-state index is 13.0. The van der Waals surface area contributed by atoms with Crippen molar-refractivity contribution in [3.05, 3.63) is 35.1 Å². The fourth-order valence-electron chi connectivity index (χ4n) is 1.46. The van der Waals surface area contributed by atoms with Crippen molar-refractivity contribution < 1.29 is 14.0 Å². The van der Waals surface area contributed by atoms with E-state index in [4.69, 9.17) is 0 Å². The number of rotatable bonds is 5. The molecule has 1 aromatic rings. The Morgan fingerprint density at radius 1 is 1.28 bits per heavy atom. The monoisotopic (exact) mass is 252 g/mol. The van der Waals surface area contributed by atoms with E-state index in [1.807, 2.05) is 6.92 Å². The van der Waals surface area contributed by atoms with Gasteiger partial charge in [0.05, 0.1) is 0 Å². The normalized spacial score (nSPS) is 9.94. The summed E-state index contributed by atoms with van der Waals surface area (Å²) >= 11 is 0. The Hall–Kier alpha value is -1.91. The summed E-state index contributed by atoms with van der Waals surface area (Å²) in [5, 5.41) is 5.25. The zero-order valence-electron chi connectivity index (χ0n) is 10.5. The molecule has 0 spiro atoms. The van der Waals surface area contributed by atoms with Crippen LogP contribution in [0.1, 0.15) is 29.3 Å². The van der Waals surface area contributed by atoms with Crippen LogP contribution < -0.4 is 10.6 Å². The molecule has 0 aliphatic rings. The fourth-order valence-corrected chi connectivity index (χ4v) is 1.46. The average molecular weight is 252 g/mol. The number of carbonyl (C=O) groups excluding carboxylic acids is 2. The molecular weight excluding hydrogens is 235 g/mol. The third-order valence-corrected chi connectivity index (χ3v) is 2.43. The summed E-state index contributed by atoms with van der Waals surface area (Å²) in [6.45, 7) is 4.27. The van der Waals surface area contributed by atoms with E-state index in [9.17, 15) is 14.0 Å². The quantitative estimate of drug-likeness (QED) is 0.832. The van der Waals surface area contributed by atoms with Crippen LogP contribution in [0.2, 0.25) is 0 Å². The van der Waals surface area contributed by atoms with Crippen LogP contribution in [0.5, 0.6) is 0 Å². The summed E-state index contributed by atoms with van der Waals surface area (Å²) in [7, 11) is 0. The number of carbonyl (C=O) groups is 2. The highest BCUT2D eigenvalue weighted by Crippen LogP contribution is 2.08. The molecule has 0 unspecified atom stereocenters. The van der Waals surface area contributed by atoms with Gasteiger partial charge in [-0.25, -0.2) is 4.39 Å². The molecule has 0 fully saturated rings. The summed E-state index contributed by atoms with van der Waals surface area (Å²) in [4.78, 5) is 22.8. The molecular formula is C13H17FN2O2. The predicted molar refractivity (Wildman–Crippen MR) is 66.8 cm³/mol. The van der Waals surface area contributed by atoms with E-state index in [1.165, 1.54) is 18.2 Å². The van der Waals surface area contributed by atoms with Crippen molar-refractivity contribution in [1.29, 1.82) is 0 Å². The van der Waals surface area contributed by atoms with Gasteiger partial charge < -0.3 is 10.6 Å². The molecule has 0 radical (unpaired) electrons. The van der Waals surface area contributed by atoms with Gasteiger partial charge in [0.1, 0.15) is 5.82 Å². The van der Waals surface area contributed by atoms with Crippen molar-refractivity contribution in [2.75, 3.05) is 13.1 Å². The maximum atomic E-state index is 13.0. The molecule has 0 bridgehead atoms. The van der Waals surface area contributed by atoms with Crippen molar-refractivity contribution in [2.45, 2.75) is 20.3 Å². The molecule has 0 aliphatic heterocycles. The van der Waals surface area contributed by atoms with Gasteiger partial charge in [-0.1, -0.05) is 0 Å². The van der Waals surface area contributed by atoms with Crippen molar-refractivity contribution in [3.63, 3.8) is 0 Å². The Labute approximate surface area is 106 Å². The molecule has 0 saturated carbocycles. The van der Waals surface area contributed by atoms with Gasteiger partial charge in [0.15, 0.2) is 0 Å². The highest BCUT2D eigenvalue weighted by molar-refractivity contribution is 5.94. The topological polar surface area (TPSA) is 58.2 Å². The first-order chi connectivity index (χ1) is 8.54. The molecule has 1 aromatic carbocycles. The van der Waals surface area contributed by atoms with Crippen LogP contribution >= 0.6 is 0 Å². The molecule has 0 saturated heterocycles. The van der Waals surface area contributed by atoms with Crippen LogP contribution in [0.4, 0.5) is 4.39 Å². The number of hydrogen-bond donors (Lipinski definition) is 2. The van der Waals surface area contributed by atoms with Gasteiger partial charge in [0, 0.05) is 25.1 Å². The Morgan fingerprint density at radius 2 is 2.00 bits per heavy atom. The molecule has 4 nitrogen and oxygen atoms in total. The lowest BCUT2D eigenvalue weighted by molar-refractivity contribution is -0.120. The second kappa shape index (κ2) is 6.74. The summed E-state index contributed by atoms with van der Waals surface area (Å²) in [6.07, 6.45) is 0.236. The molecule has 0 atom stereocenters. The summed E-state index contributed by atoms with van der Waals surface area (Å²) < 4.78 is 13.0. The van der Waals surface area contributed by atoms with E-state index >= 15 is 0 Å². The Kier molecular flexibility index (Phi) is 5.30. The number of nitrogens with one attached hydrogen (secondary N) is 2. The lowest BCUT2D eigenvalue weighted by Crippen LogP contribution is -2.30. The average Bonchev–Trinajstić information content (AvgIpc) is 2.33. The molecule has 18 heavy (non-hydrogen) atoms. The van der Waals surface area contributed by atoms with Gasteiger partial charge in [0.2, 0.25) is 5.91 Å². The van der Waals surface area contributed by atoms with E-state index in [-0.39, 0.29) is 30.6 Å². The standard InChI is InChI=1S/C13H17FN2O2/c1-3-15-12(17)6-7-16-13(18)10-4-5-11(14)9(2)8-10/h4-5,8H,3,6-7H2,1-2H3,(H,15,17)(H,16,18). The van der Waals surface area contributed by atoms with Crippen molar-refractivity contribution in [2.24, 2.45) is 0 Å². The van der Waals surface area contributed by atoms with Crippen molar-refractivity contribution in [3.8, 4) is 0 Å². The van der Waals surface area contributed by atoms with Gasteiger partial charge in [-0.3, -0.25) is 9.59 Å². The van der Waals surface area contributed by atoms with E-state index in [2.05, 4.69) is 10.6 Å². The largest absolute Gasteiger partial charge is 0.356 e. The number of hydrogen-bond acceptors (Lipinski definition) is 2. The highest BCUT2D eigenvalue weighted by atomic mass is 19.1. The van der Waals surface area contributed by atoms with Crippen molar-refractivity contribution >= 4 is 11.8 Å². The second-order valence-electron chi connectivity index (χ2n) is 3.92. The first-order valence-corrected chi connectivity index (χ1v) is 5.85. The minimum atomic E-state index is -0.339. The van der Waals surface area contributed by atoms with Gasteiger partial charge in [0.25, 0.3) is 5.91 Å². The summed E-state index contributed by atoms with van der Waals surface area (Å²) in [5.74, 6) is -0.746. The van der Waals surface area contributed by atoms with Crippen LogP contribution in [0.25, 0.3) is 0 Å². The van der Waals surface area contributed by atoms with E-state index in [0.717, 1.165) is 0 Å². The van der Waals surface area contributed by atoms with Crippen LogP contribution in [-0.2, 0) is 4.79 Å². The number of benzene rings is 1. The van der Waals surface area contributed by atoms with Crippen LogP contribution in [0.15, 0.2) is 18.2 Å². The molecule has 5 heteroatoms. The molecule has 0 aliphatic carbocycles. The number of halogens is 1. The first kappa shape index (κ1) is 14.2. The van der Waals surface area contributed by atoms with Gasteiger partial charge >= 0.3 is 0 Å². The van der Waals surface area contributed by atoms with Gasteiger partial charge in [-0.2, -0.15) is 0 Å². The SMILES string of the molecule is CCNC(=O)CCNC(=O)c1ccc(F)c(C)c1. The molecule has 0 heterocycles. The Bertz CT molecular complexity index is 447. The van der Waals surface area contributed by atoms with Gasteiger partial charge in [-0.05, 0) is 37.6 Å². The third kappa shape index (κ3) is 4.16.